The molecule has 0 aliphatic carbocycles. The molecule has 0 saturated carbocycles. The van der Waals surface area contributed by atoms with Crippen LogP contribution in [0.25, 0.3) is 0 Å². The fourth-order valence-electron chi connectivity index (χ4n) is 3.93. The molecule has 1 unspecified atom stereocenters. The summed E-state index contributed by atoms with van der Waals surface area (Å²) in [7, 11) is 1.58. The number of halogens is 1. The number of aromatic nitrogens is 3. The highest BCUT2D eigenvalue weighted by molar-refractivity contribution is 7.99. The summed E-state index contributed by atoms with van der Waals surface area (Å²) in [4.78, 5) is 17.8. The van der Waals surface area contributed by atoms with Crippen molar-refractivity contribution in [3.8, 4) is 11.5 Å². The standard InChI is InChI=1S/C26H29ClN4O4S/c1-6-36-26-29-25-28-16(4)22(24(32)35-15(2)3)23(31(25)30-26)18-10-11-20(21(13-18)33-5)34-14-17-8-7-9-19(27)12-17/h7-13,15,23H,6,14H2,1-5H3,(H,28,29,30). The molecule has 2 aromatic carbocycles. The lowest BCUT2D eigenvalue weighted by atomic mass is 9.95. The van der Waals surface area contributed by atoms with Crippen molar-refractivity contribution in [3.63, 3.8) is 0 Å². The summed E-state index contributed by atoms with van der Waals surface area (Å²) in [5, 5.41) is 9.18. The summed E-state index contributed by atoms with van der Waals surface area (Å²) >= 11 is 7.63. The fraction of sp³-hybridized carbons (Fsp3) is 0.346. The van der Waals surface area contributed by atoms with Crippen molar-refractivity contribution in [2.75, 3.05) is 18.2 Å². The number of rotatable bonds is 9. The van der Waals surface area contributed by atoms with Crippen LogP contribution in [0.5, 0.6) is 11.5 Å². The van der Waals surface area contributed by atoms with Gasteiger partial charge in [-0.25, -0.2) is 9.48 Å². The van der Waals surface area contributed by atoms with E-state index in [9.17, 15) is 4.79 Å². The molecule has 1 aliphatic rings. The van der Waals surface area contributed by atoms with Gasteiger partial charge in [-0.2, -0.15) is 4.98 Å². The van der Waals surface area contributed by atoms with Crippen LogP contribution in [0.15, 0.2) is 58.9 Å². The first-order valence-corrected chi connectivity index (χ1v) is 13.0. The molecular formula is C26H29ClN4O4S. The second-order valence-corrected chi connectivity index (χ2v) is 10.1. The molecule has 3 aromatic rings. The Balaban J connectivity index is 1.72. The highest BCUT2D eigenvalue weighted by atomic mass is 35.5. The van der Waals surface area contributed by atoms with Crippen LogP contribution in [0.4, 0.5) is 5.95 Å². The van der Waals surface area contributed by atoms with Gasteiger partial charge < -0.3 is 19.5 Å². The van der Waals surface area contributed by atoms with Crippen LogP contribution in [-0.4, -0.2) is 39.7 Å². The molecule has 0 spiro atoms. The van der Waals surface area contributed by atoms with Crippen LogP contribution in [0.2, 0.25) is 5.02 Å². The first-order valence-electron chi connectivity index (χ1n) is 11.6. The lowest BCUT2D eigenvalue weighted by molar-refractivity contribution is -0.143. The van der Waals surface area contributed by atoms with Gasteiger partial charge in [0.05, 0.1) is 18.8 Å². The SMILES string of the molecule is CCSc1nc2n(n1)C(c1ccc(OCc3cccc(Cl)c3)c(OC)c1)C(C(=O)OC(C)C)=C(C)N2. The quantitative estimate of drug-likeness (QED) is 0.272. The molecule has 190 valence electrons. The molecule has 0 bridgehead atoms. The van der Waals surface area contributed by atoms with E-state index in [0.29, 0.717) is 45.5 Å². The number of allylic oxidation sites excluding steroid dienone is 1. The number of nitrogens with zero attached hydrogens (tertiary/aromatic N) is 3. The number of methoxy groups -OCH3 is 1. The molecule has 1 N–H and O–H groups in total. The second-order valence-electron chi connectivity index (χ2n) is 8.44. The van der Waals surface area contributed by atoms with E-state index in [1.807, 2.05) is 70.2 Å². The molecule has 1 aliphatic heterocycles. The molecule has 0 fully saturated rings. The average molecular weight is 529 g/mol. The number of anilines is 1. The Morgan fingerprint density at radius 1 is 1.22 bits per heavy atom. The lowest BCUT2D eigenvalue weighted by Gasteiger charge is -2.29. The van der Waals surface area contributed by atoms with Crippen LogP contribution < -0.4 is 14.8 Å². The Labute approximate surface area is 220 Å². The molecule has 0 saturated heterocycles. The van der Waals surface area contributed by atoms with E-state index in [0.717, 1.165) is 16.9 Å². The van der Waals surface area contributed by atoms with E-state index in [2.05, 4.69) is 15.4 Å². The highest BCUT2D eigenvalue weighted by Gasteiger charge is 2.36. The summed E-state index contributed by atoms with van der Waals surface area (Å²) < 4.78 is 19.0. The van der Waals surface area contributed by atoms with Gasteiger partial charge in [0, 0.05) is 10.7 Å². The van der Waals surface area contributed by atoms with Crippen molar-refractivity contribution in [1.29, 1.82) is 0 Å². The minimum atomic E-state index is -0.554. The molecule has 8 nitrogen and oxygen atoms in total. The van der Waals surface area contributed by atoms with Gasteiger partial charge in [-0.1, -0.05) is 48.5 Å². The third-order valence-electron chi connectivity index (χ3n) is 5.46. The summed E-state index contributed by atoms with van der Waals surface area (Å²) in [5.41, 5.74) is 2.86. The van der Waals surface area contributed by atoms with Crippen molar-refractivity contribution in [2.24, 2.45) is 0 Å². The maximum absolute atomic E-state index is 13.2. The summed E-state index contributed by atoms with van der Waals surface area (Å²) in [6, 6.07) is 12.5. The summed E-state index contributed by atoms with van der Waals surface area (Å²) in [6.07, 6.45) is -0.265. The van der Waals surface area contributed by atoms with E-state index in [4.69, 9.17) is 25.8 Å². The van der Waals surface area contributed by atoms with E-state index in [1.54, 1.807) is 11.8 Å². The van der Waals surface area contributed by atoms with Crippen LogP contribution in [-0.2, 0) is 16.1 Å². The zero-order valence-electron chi connectivity index (χ0n) is 20.9. The van der Waals surface area contributed by atoms with Crippen LogP contribution >= 0.6 is 23.4 Å². The van der Waals surface area contributed by atoms with Gasteiger partial charge in [0.15, 0.2) is 11.5 Å². The van der Waals surface area contributed by atoms with Crippen molar-refractivity contribution in [1.82, 2.24) is 14.8 Å². The molecule has 0 amide bonds. The Morgan fingerprint density at radius 3 is 2.72 bits per heavy atom. The minimum Gasteiger partial charge on any atom is -0.493 e. The first-order chi connectivity index (χ1) is 17.3. The van der Waals surface area contributed by atoms with Crippen LogP contribution in [0.1, 0.15) is 44.9 Å². The molecule has 1 aromatic heterocycles. The number of carbonyl (C=O) groups is 1. The van der Waals surface area contributed by atoms with Gasteiger partial charge >= 0.3 is 5.97 Å². The number of hydrogen-bond donors (Lipinski definition) is 1. The van der Waals surface area contributed by atoms with E-state index < -0.39 is 12.0 Å². The third-order valence-corrected chi connectivity index (χ3v) is 6.41. The molecule has 1 atom stereocenters. The average Bonchev–Trinajstić information content (AvgIpc) is 3.23. The van der Waals surface area contributed by atoms with Crippen LogP contribution in [0, 0.1) is 0 Å². The maximum atomic E-state index is 13.2. The Kier molecular flexibility index (Phi) is 8.11. The highest BCUT2D eigenvalue weighted by Crippen LogP contribution is 2.40. The van der Waals surface area contributed by atoms with Gasteiger partial charge in [0.25, 0.3) is 0 Å². The van der Waals surface area contributed by atoms with Gasteiger partial charge in [-0.15, -0.1) is 5.10 Å². The number of fused-ring (bicyclic) bond motifs is 1. The Morgan fingerprint density at radius 2 is 2.03 bits per heavy atom. The predicted molar refractivity (Wildman–Crippen MR) is 141 cm³/mol. The van der Waals surface area contributed by atoms with Gasteiger partial charge in [0.1, 0.15) is 12.6 Å². The van der Waals surface area contributed by atoms with E-state index in [1.165, 1.54) is 11.8 Å². The summed E-state index contributed by atoms with van der Waals surface area (Å²) in [5.74, 6) is 2.09. The number of benzene rings is 2. The lowest BCUT2D eigenvalue weighted by Crippen LogP contribution is -2.30. The van der Waals surface area contributed by atoms with Crippen molar-refractivity contribution in [2.45, 2.75) is 51.6 Å². The largest absolute Gasteiger partial charge is 0.493 e. The second kappa shape index (κ2) is 11.3. The van der Waals surface area contributed by atoms with Gasteiger partial charge in [-0.05, 0) is 61.9 Å². The Bertz CT molecular complexity index is 1290. The van der Waals surface area contributed by atoms with Crippen molar-refractivity contribution in [3.05, 3.63) is 69.9 Å². The number of hydrogen-bond acceptors (Lipinski definition) is 8. The smallest absolute Gasteiger partial charge is 0.338 e. The maximum Gasteiger partial charge on any atom is 0.338 e. The number of carbonyl (C=O) groups excluding carboxylic acids is 1. The Hall–Kier alpha value is -3.17. The summed E-state index contributed by atoms with van der Waals surface area (Å²) in [6.45, 7) is 7.86. The van der Waals surface area contributed by atoms with E-state index >= 15 is 0 Å². The number of esters is 1. The molecule has 4 rings (SSSR count). The van der Waals surface area contributed by atoms with Gasteiger partial charge in [0.2, 0.25) is 11.1 Å². The monoisotopic (exact) mass is 528 g/mol. The minimum absolute atomic E-state index is 0.265. The third kappa shape index (κ3) is 5.63. The number of ether oxygens (including phenoxy) is 3. The topological polar surface area (TPSA) is 87.5 Å². The molecule has 2 heterocycles. The van der Waals surface area contributed by atoms with Crippen LogP contribution in [0.3, 0.4) is 0 Å². The van der Waals surface area contributed by atoms with E-state index in [-0.39, 0.29) is 6.10 Å². The zero-order chi connectivity index (χ0) is 25.8. The first kappa shape index (κ1) is 25.9. The van der Waals surface area contributed by atoms with Gasteiger partial charge in [-0.3, -0.25) is 0 Å². The fourth-order valence-corrected chi connectivity index (χ4v) is 4.70. The van der Waals surface area contributed by atoms with Crippen molar-refractivity contribution < 1.29 is 19.0 Å². The predicted octanol–water partition coefficient (Wildman–Crippen LogP) is 5.87. The zero-order valence-corrected chi connectivity index (χ0v) is 22.4. The van der Waals surface area contributed by atoms with Crippen molar-refractivity contribution >= 4 is 35.3 Å². The molecular weight excluding hydrogens is 500 g/mol. The normalized spacial score (nSPS) is 14.9. The molecule has 36 heavy (non-hydrogen) atoms. The molecule has 10 heteroatoms. The molecule has 0 radical (unpaired) electrons. The number of thioether (sulfide) groups is 1. The number of nitrogens with one attached hydrogen (secondary N) is 1.